The van der Waals surface area contributed by atoms with E-state index in [0.717, 1.165) is 0 Å². The Morgan fingerprint density at radius 3 is 0.750 bits per heavy atom. The molecule has 0 aromatic heterocycles. The molecular weight excluding hydrogens is 445 g/mol. The van der Waals surface area contributed by atoms with Crippen LogP contribution >= 0.6 is 38.5 Å². The summed E-state index contributed by atoms with van der Waals surface area (Å²) < 4.78 is 105. The minimum Gasteiger partial charge on any atom is -0.212 e. The first-order valence-corrected chi connectivity index (χ1v) is 4.64. The first-order chi connectivity index (χ1) is 6.50. The first kappa shape index (κ1) is 18.9. The lowest BCUT2D eigenvalue weighted by Crippen LogP contribution is -2.47. The average molecular weight is 445 g/mol. The zero-order chi connectivity index (χ0) is 14.0. The zero-order valence-corrected chi connectivity index (χ0v) is 10.3. The highest BCUT2D eigenvalue weighted by molar-refractivity contribution is 14.1. The summed E-state index contributed by atoms with van der Waals surface area (Å²) in [6.45, 7) is 0. The van der Waals surface area contributed by atoms with E-state index in [9.17, 15) is 43.9 Å². The molecule has 0 fully saturated rings. The van der Waals surface area contributed by atoms with Gasteiger partial charge in [0, 0.05) is 15.9 Å². The standard InChI is InChI=1S/C3F7I.CBrF3/c4-1(11,2(5,6)7)3(8,9)10;2-1(3,4)5. The fourth-order valence-corrected chi connectivity index (χ4v) is 0.161. The first-order valence-electron chi connectivity index (χ1n) is 2.77. The predicted octanol–water partition coefficient (Wildman–Crippen LogP) is 5.11. The zero-order valence-electron chi connectivity index (χ0n) is 6.54. The minimum absolute atomic E-state index is 0.328. The molecule has 0 N–H and O–H groups in total. The van der Waals surface area contributed by atoms with Crippen LogP contribution in [0.5, 0.6) is 0 Å². The quantitative estimate of drug-likeness (QED) is 0.277. The summed E-state index contributed by atoms with van der Waals surface area (Å²) >= 11 is 1.05. The fraction of sp³-hybridized carbons (Fsp3) is 1.00. The summed E-state index contributed by atoms with van der Waals surface area (Å²) in [6, 6.07) is 0. The molecule has 0 nitrogen and oxygen atoms in total. The van der Waals surface area contributed by atoms with Gasteiger partial charge in [-0.2, -0.15) is 39.5 Å². The smallest absolute Gasteiger partial charge is 0.212 e. The van der Waals surface area contributed by atoms with Crippen molar-refractivity contribution in [3.63, 3.8) is 0 Å². The van der Waals surface area contributed by atoms with Gasteiger partial charge in [0.15, 0.2) is 0 Å². The van der Waals surface area contributed by atoms with Crippen LogP contribution < -0.4 is 0 Å². The second kappa shape index (κ2) is 5.44. The van der Waals surface area contributed by atoms with Gasteiger partial charge in [0.25, 0.3) is 0 Å². The van der Waals surface area contributed by atoms with Gasteiger partial charge in [0.2, 0.25) is 0 Å². The Bertz CT molecular complexity index is 188. The van der Waals surface area contributed by atoms with Gasteiger partial charge in [0.05, 0.1) is 0 Å². The average Bonchev–Trinajstić information content (AvgIpc) is 1.76. The van der Waals surface area contributed by atoms with E-state index in [1.54, 1.807) is 0 Å². The van der Waals surface area contributed by atoms with E-state index in [1.807, 2.05) is 0 Å². The van der Waals surface area contributed by atoms with Gasteiger partial charge in [-0.1, -0.05) is 0 Å². The Morgan fingerprint density at radius 1 is 0.625 bits per heavy atom. The molecule has 0 aromatic rings. The van der Waals surface area contributed by atoms with Crippen LogP contribution in [0.25, 0.3) is 0 Å². The van der Waals surface area contributed by atoms with E-state index in [-0.39, 0.29) is 22.6 Å². The van der Waals surface area contributed by atoms with Crippen LogP contribution in [0.2, 0.25) is 0 Å². The molecule has 12 heteroatoms. The van der Waals surface area contributed by atoms with Crippen LogP contribution in [-0.2, 0) is 0 Å². The van der Waals surface area contributed by atoms with E-state index < -0.39 is 21.1 Å². The third kappa shape index (κ3) is 7.73. The molecule has 0 aromatic carbocycles. The Morgan fingerprint density at radius 2 is 0.750 bits per heavy atom. The second-order valence-electron chi connectivity index (χ2n) is 2.00. The Balaban J connectivity index is 0. The molecule has 0 aliphatic rings. The number of halogens is 12. The third-order valence-electron chi connectivity index (χ3n) is 0.712. The molecule has 0 saturated carbocycles. The van der Waals surface area contributed by atoms with Gasteiger partial charge in [-0.25, -0.2) is 4.39 Å². The van der Waals surface area contributed by atoms with E-state index in [2.05, 4.69) is 0 Å². The number of hydrogen-bond donors (Lipinski definition) is 0. The minimum atomic E-state index is -5.92. The highest BCUT2D eigenvalue weighted by Crippen LogP contribution is 2.50. The van der Waals surface area contributed by atoms with Crippen molar-refractivity contribution in [1.82, 2.24) is 0 Å². The SMILES string of the molecule is FC(F)(F)Br.FC(F)(F)C(F)(I)C(F)(F)F. The van der Waals surface area contributed by atoms with Crippen LogP contribution in [-0.4, -0.2) is 21.1 Å². The topological polar surface area (TPSA) is 0 Å². The lowest BCUT2D eigenvalue weighted by molar-refractivity contribution is -0.294. The molecule has 0 heterocycles. The van der Waals surface area contributed by atoms with E-state index in [0.29, 0.717) is 0 Å². The van der Waals surface area contributed by atoms with Gasteiger partial charge in [0.1, 0.15) is 0 Å². The van der Waals surface area contributed by atoms with Crippen LogP contribution in [0.4, 0.5) is 43.9 Å². The highest BCUT2D eigenvalue weighted by Gasteiger charge is 2.71. The van der Waals surface area contributed by atoms with Crippen molar-refractivity contribution in [2.45, 2.75) is 21.1 Å². The molecule has 0 atom stereocenters. The van der Waals surface area contributed by atoms with Crippen LogP contribution in [0.1, 0.15) is 0 Å². The largest absolute Gasteiger partial charge is 0.448 e. The van der Waals surface area contributed by atoms with Crippen molar-refractivity contribution < 1.29 is 43.9 Å². The summed E-state index contributed by atoms with van der Waals surface area (Å²) in [5, 5.41) is -4.19. The number of alkyl halides is 12. The Labute approximate surface area is 104 Å². The van der Waals surface area contributed by atoms with E-state index in [4.69, 9.17) is 0 Å². The van der Waals surface area contributed by atoms with Crippen molar-refractivity contribution in [3.8, 4) is 0 Å². The summed E-state index contributed by atoms with van der Waals surface area (Å²) in [4.78, 5) is 0. The van der Waals surface area contributed by atoms with Gasteiger partial charge >= 0.3 is 21.1 Å². The molecule has 0 aliphatic heterocycles. The molecule has 100 valence electrons. The molecule has 0 bridgehead atoms. The van der Waals surface area contributed by atoms with Crippen LogP contribution in [0, 0.1) is 0 Å². The maximum Gasteiger partial charge on any atom is 0.448 e. The van der Waals surface area contributed by atoms with Gasteiger partial charge in [-0.05, 0) is 22.6 Å². The second-order valence-corrected chi connectivity index (χ2v) is 4.38. The lowest BCUT2D eigenvalue weighted by atomic mass is 10.4. The third-order valence-corrected chi connectivity index (χ3v) is 1.94. The molecule has 16 heavy (non-hydrogen) atoms. The molecule has 0 spiro atoms. The summed E-state index contributed by atoms with van der Waals surface area (Å²) in [7, 11) is 0. The summed E-state index contributed by atoms with van der Waals surface area (Å²) in [5.74, 6) is 0. The maximum absolute atomic E-state index is 11.8. The number of rotatable bonds is 0. The van der Waals surface area contributed by atoms with Crippen molar-refractivity contribution >= 4 is 38.5 Å². The highest BCUT2D eigenvalue weighted by atomic mass is 127. The van der Waals surface area contributed by atoms with Crippen molar-refractivity contribution in [3.05, 3.63) is 0 Å². The van der Waals surface area contributed by atoms with Gasteiger partial charge in [-0.15, -0.1) is 0 Å². The predicted molar refractivity (Wildman–Crippen MR) is 45.0 cm³/mol. The molecule has 0 unspecified atom stereocenters. The van der Waals surface area contributed by atoms with Crippen molar-refractivity contribution in [2.24, 2.45) is 0 Å². The van der Waals surface area contributed by atoms with E-state index in [1.165, 1.54) is 15.9 Å². The monoisotopic (exact) mass is 444 g/mol. The molecular formula is C4BrF10I. The molecule has 0 amide bonds. The Hall–Kier alpha value is 0.510. The van der Waals surface area contributed by atoms with Gasteiger partial charge in [-0.3, -0.25) is 0 Å². The summed E-state index contributed by atoms with van der Waals surface area (Å²) in [6.07, 6.45) is -11.8. The number of hydrogen-bond acceptors (Lipinski definition) is 0. The summed E-state index contributed by atoms with van der Waals surface area (Å²) in [5.41, 5.74) is 0. The normalized spacial score (nSPS) is 14.2. The van der Waals surface area contributed by atoms with Crippen LogP contribution in [0.3, 0.4) is 0 Å². The Kier molecular flexibility index (Phi) is 6.41. The fourth-order valence-electron chi connectivity index (χ4n) is 0.161. The lowest BCUT2D eigenvalue weighted by Gasteiger charge is -2.23. The van der Waals surface area contributed by atoms with Gasteiger partial charge < -0.3 is 0 Å². The molecule has 0 radical (unpaired) electrons. The van der Waals surface area contributed by atoms with Crippen LogP contribution in [0.15, 0.2) is 0 Å². The van der Waals surface area contributed by atoms with Crippen molar-refractivity contribution in [1.29, 1.82) is 0 Å². The van der Waals surface area contributed by atoms with E-state index >= 15 is 0 Å². The molecule has 0 rings (SSSR count). The maximum atomic E-state index is 11.8. The molecule has 0 aliphatic carbocycles. The molecule has 0 saturated heterocycles. The van der Waals surface area contributed by atoms with Crippen molar-refractivity contribution in [2.75, 3.05) is 0 Å².